The first-order chi connectivity index (χ1) is 13.6. The van der Waals surface area contributed by atoms with Gasteiger partial charge in [-0.3, -0.25) is 0 Å². The minimum absolute atomic E-state index is 0.0229. The minimum Gasteiger partial charge on any atom is -0.372 e. The van der Waals surface area contributed by atoms with E-state index in [1.165, 1.54) is 0 Å². The van der Waals surface area contributed by atoms with Crippen molar-refractivity contribution in [1.29, 1.82) is 0 Å². The van der Waals surface area contributed by atoms with Gasteiger partial charge in [0.15, 0.2) is 0 Å². The number of hydrogen-bond donors (Lipinski definition) is 0. The van der Waals surface area contributed by atoms with Crippen molar-refractivity contribution in [3.63, 3.8) is 0 Å². The molecule has 3 radical (unpaired) electrons. The molecule has 0 bridgehead atoms. The fraction of sp³-hybridized carbons (Fsp3) is 0.167. The average molecular weight is 385 g/mol. The zero-order valence-corrected chi connectivity index (χ0v) is 17.7. The molecule has 0 saturated heterocycles. The lowest BCUT2D eigenvalue weighted by Crippen LogP contribution is -2.36. The smallest absolute Gasteiger partial charge is 0.110 e. The molecule has 141 valence electrons. The van der Waals surface area contributed by atoms with E-state index in [1.54, 1.807) is 0 Å². The Kier molecular flexibility index (Phi) is 6.56. The molecule has 3 rings (SSSR count). The van der Waals surface area contributed by atoms with Crippen LogP contribution in [-0.2, 0) is 0 Å². The summed E-state index contributed by atoms with van der Waals surface area (Å²) >= 11 is 0. The van der Waals surface area contributed by atoms with Gasteiger partial charge in [0.2, 0.25) is 0 Å². The highest BCUT2D eigenvalue weighted by Crippen LogP contribution is 2.25. The lowest BCUT2D eigenvalue weighted by molar-refractivity contribution is 0.909. The van der Waals surface area contributed by atoms with Crippen molar-refractivity contribution in [1.82, 2.24) is 0 Å². The van der Waals surface area contributed by atoms with Gasteiger partial charge in [0.25, 0.3) is 0 Å². The third kappa shape index (κ3) is 4.64. The van der Waals surface area contributed by atoms with Crippen LogP contribution in [0.4, 0.5) is 17.1 Å². The van der Waals surface area contributed by atoms with Crippen molar-refractivity contribution in [2.24, 2.45) is 0 Å². The lowest BCUT2D eigenvalue weighted by atomic mass is 10.2. The van der Waals surface area contributed by atoms with Crippen molar-refractivity contribution >= 4 is 27.3 Å². The summed E-state index contributed by atoms with van der Waals surface area (Å²) < 4.78 is 0. The maximum Gasteiger partial charge on any atom is 0.110 e. The van der Waals surface area contributed by atoms with Crippen LogP contribution < -0.4 is 14.7 Å². The largest absolute Gasteiger partial charge is 0.372 e. The molecule has 0 aliphatic heterocycles. The monoisotopic (exact) mass is 384 g/mol. The SMILES string of the molecule is CN(C(=CC([Si])N(C)c1ccccc1)N(C)c1ccccc1)c1ccccc1. The van der Waals surface area contributed by atoms with Crippen LogP contribution in [0.15, 0.2) is 103 Å². The van der Waals surface area contributed by atoms with E-state index in [9.17, 15) is 0 Å². The van der Waals surface area contributed by atoms with Gasteiger partial charge in [-0.2, -0.15) is 0 Å². The van der Waals surface area contributed by atoms with E-state index < -0.39 is 0 Å². The van der Waals surface area contributed by atoms with Crippen LogP contribution in [0.25, 0.3) is 0 Å². The fourth-order valence-corrected chi connectivity index (χ4v) is 3.39. The first-order valence-corrected chi connectivity index (χ1v) is 9.94. The van der Waals surface area contributed by atoms with Gasteiger partial charge >= 0.3 is 0 Å². The predicted octanol–water partition coefficient (Wildman–Crippen LogP) is 4.73. The van der Waals surface area contributed by atoms with E-state index in [2.05, 4.69) is 125 Å². The summed E-state index contributed by atoms with van der Waals surface area (Å²) in [7, 11) is 10.2. The maximum absolute atomic E-state index is 3.92. The number of benzene rings is 3. The molecule has 1 atom stereocenters. The molecular formula is C24H26N3Si. The molecule has 0 heterocycles. The summed E-state index contributed by atoms with van der Waals surface area (Å²) in [5.41, 5.74) is 3.45. The number of rotatable bonds is 7. The normalized spacial score (nSPS) is 11.4. The quantitative estimate of drug-likeness (QED) is 0.545. The van der Waals surface area contributed by atoms with Crippen molar-refractivity contribution in [3.8, 4) is 0 Å². The van der Waals surface area contributed by atoms with Gasteiger partial charge in [-0.15, -0.1) is 0 Å². The van der Waals surface area contributed by atoms with E-state index in [4.69, 9.17) is 0 Å². The molecule has 1 unspecified atom stereocenters. The highest BCUT2D eigenvalue weighted by atomic mass is 28.1. The molecule has 0 aliphatic carbocycles. The number of para-hydroxylation sites is 3. The average Bonchev–Trinajstić information content (AvgIpc) is 2.77. The molecule has 0 saturated carbocycles. The first-order valence-electron chi connectivity index (χ1n) is 9.36. The van der Waals surface area contributed by atoms with Gasteiger partial charge in [-0.05, 0) is 42.5 Å². The second-order valence-electron chi connectivity index (χ2n) is 6.71. The maximum atomic E-state index is 3.92. The Labute approximate surface area is 171 Å². The van der Waals surface area contributed by atoms with Crippen molar-refractivity contribution in [2.75, 3.05) is 35.8 Å². The van der Waals surface area contributed by atoms with E-state index in [1.807, 2.05) is 18.2 Å². The van der Waals surface area contributed by atoms with Gasteiger partial charge in [0, 0.05) is 43.9 Å². The first kappa shape index (κ1) is 19.8. The van der Waals surface area contributed by atoms with Crippen molar-refractivity contribution < 1.29 is 0 Å². The number of anilines is 3. The summed E-state index contributed by atoms with van der Waals surface area (Å²) in [5.74, 6) is 1.08. The molecule has 3 aromatic carbocycles. The Morgan fingerprint density at radius 3 is 1.39 bits per heavy atom. The Hall–Kier alpha value is -2.98. The highest BCUT2D eigenvalue weighted by molar-refractivity contribution is 6.15. The molecule has 0 N–H and O–H groups in total. The van der Waals surface area contributed by atoms with Crippen LogP contribution in [0.2, 0.25) is 0 Å². The second kappa shape index (κ2) is 9.29. The Balaban J connectivity index is 1.96. The Bertz CT molecular complexity index is 834. The molecule has 0 aliphatic rings. The predicted molar refractivity (Wildman–Crippen MR) is 122 cm³/mol. The van der Waals surface area contributed by atoms with Crippen LogP contribution in [0.3, 0.4) is 0 Å². The summed E-state index contributed by atoms with van der Waals surface area (Å²) in [6.45, 7) is 0. The molecule has 3 nitrogen and oxygen atoms in total. The summed E-state index contributed by atoms with van der Waals surface area (Å²) in [5, 5.41) is 0. The van der Waals surface area contributed by atoms with E-state index in [0.717, 1.165) is 22.9 Å². The standard InChI is InChI=1S/C24H26N3Si/c1-25(20-13-7-4-8-14-20)23(26(2)21-15-9-5-10-16-21)19-24(28)27(3)22-17-11-6-12-18-22/h4-19,24H,1-3H3. The molecule has 0 spiro atoms. The lowest BCUT2D eigenvalue weighted by Gasteiger charge is -2.34. The van der Waals surface area contributed by atoms with Gasteiger partial charge in [-0.25, -0.2) is 0 Å². The molecule has 0 fully saturated rings. The van der Waals surface area contributed by atoms with E-state index in [0.29, 0.717) is 0 Å². The Morgan fingerprint density at radius 1 is 0.643 bits per heavy atom. The van der Waals surface area contributed by atoms with Crippen LogP contribution >= 0.6 is 0 Å². The fourth-order valence-electron chi connectivity index (χ4n) is 3.09. The van der Waals surface area contributed by atoms with Gasteiger partial charge in [0.05, 0.1) is 10.2 Å². The number of nitrogens with zero attached hydrogens (tertiary/aromatic N) is 3. The van der Waals surface area contributed by atoms with Gasteiger partial charge in [0.1, 0.15) is 5.82 Å². The zero-order chi connectivity index (χ0) is 19.9. The number of hydrogen-bond acceptors (Lipinski definition) is 3. The third-order valence-electron chi connectivity index (χ3n) is 4.86. The Morgan fingerprint density at radius 2 is 1.00 bits per heavy atom. The van der Waals surface area contributed by atoms with Crippen LogP contribution in [0.5, 0.6) is 0 Å². The second-order valence-corrected chi connectivity index (χ2v) is 7.30. The van der Waals surface area contributed by atoms with E-state index >= 15 is 0 Å². The summed E-state index contributed by atoms with van der Waals surface area (Å²) in [4.78, 5) is 6.62. The topological polar surface area (TPSA) is 9.72 Å². The van der Waals surface area contributed by atoms with Gasteiger partial charge in [-0.1, -0.05) is 54.6 Å². The molecule has 0 amide bonds. The molecule has 0 aromatic heterocycles. The summed E-state index contributed by atoms with van der Waals surface area (Å²) in [6, 6.07) is 31.2. The minimum atomic E-state index is 0.0229. The molecule has 4 heteroatoms. The van der Waals surface area contributed by atoms with Crippen molar-refractivity contribution in [2.45, 2.75) is 5.67 Å². The number of likely N-dealkylation sites (N-methyl/N-ethyl adjacent to an activating group) is 1. The molecule has 28 heavy (non-hydrogen) atoms. The van der Waals surface area contributed by atoms with Crippen LogP contribution in [0, 0.1) is 0 Å². The van der Waals surface area contributed by atoms with Crippen molar-refractivity contribution in [3.05, 3.63) is 103 Å². The van der Waals surface area contributed by atoms with E-state index in [-0.39, 0.29) is 5.67 Å². The van der Waals surface area contributed by atoms with Gasteiger partial charge < -0.3 is 14.7 Å². The zero-order valence-electron chi connectivity index (χ0n) is 16.7. The van der Waals surface area contributed by atoms with Crippen LogP contribution in [-0.4, -0.2) is 37.1 Å². The van der Waals surface area contributed by atoms with Crippen LogP contribution in [0.1, 0.15) is 0 Å². The molecule has 3 aromatic rings. The third-order valence-corrected chi connectivity index (χ3v) is 5.42. The highest BCUT2D eigenvalue weighted by Gasteiger charge is 2.17. The summed E-state index contributed by atoms with van der Waals surface area (Å²) in [6.07, 6.45) is 2.23. The molecular weight excluding hydrogens is 358 g/mol.